The maximum atomic E-state index is 12.6. The van der Waals surface area contributed by atoms with Crippen molar-refractivity contribution in [1.29, 1.82) is 0 Å². The summed E-state index contributed by atoms with van der Waals surface area (Å²) in [6, 6.07) is 0. The molecule has 0 unspecified atom stereocenters. The van der Waals surface area contributed by atoms with Gasteiger partial charge in [-0.1, -0.05) is 13.8 Å². The molecule has 0 aliphatic carbocycles. The van der Waals surface area contributed by atoms with E-state index in [1.54, 1.807) is 0 Å². The summed E-state index contributed by atoms with van der Waals surface area (Å²) in [5.74, 6) is 0.772. The van der Waals surface area contributed by atoms with Crippen LogP contribution in [0.1, 0.15) is 46.5 Å². The summed E-state index contributed by atoms with van der Waals surface area (Å²) in [5.41, 5.74) is -5.23. The number of alkyl halides is 3. The van der Waals surface area contributed by atoms with Gasteiger partial charge in [0.25, 0.3) is 0 Å². The molecule has 1 aliphatic heterocycles. The lowest BCUT2D eigenvalue weighted by Crippen LogP contribution is -2.45. The van der Waals surface area contributed by atoms with Crippen LogP contribution in [0.4, 0.5) is 13.2 Å². The van der Waals surface area contributed by atoms with E-state index in [1.807, 2.05) is 6.92 Å². The van der Waals surface area contributed by atoms with Crippen LogP contribution in [-0.2, 0) is 10.0 Å². The van der Waals surface area contributed by atoms with Crippen LogP contribution in [0.15, 0.2) is 4.99 Å². The van der Waals surface area contributed by atoms with Gasteiger partial charge in [-0.3, -0.25) is 4.99 Å². The molecule has 1 heterocycles. The molecule has 0 amide bonds. The number of sulfonamides is 1. The van der Waals surface area contributed by atoms with Gasteiger partial charge in [0.2, 0.25) is 0 Å². The Morgan fingerprint density at radius 3 is 2.20 bits per heavy atom. The highest BCUT2D eigenvalue weighted by molar-refractivity contribution is 14.0. The van der Waals surface area contributed by atoms with Crippen molar-refractivity contribution in [2.45, 2.75) is 52.0 Å². The van der Waals surface area contributed by atoms with Gasteiger partial charge in [0.05, 0.1) is 0 Å². The molecule has 1 aliphatic rings. The number of nitrogens with zero attached hydrogens (tertiary/aromatic N) is 3. The van der Waals surface area contributed by atoms with Crippen LogP contribution in [0.25, 0.3) is 0 Å². The first kappa shape index (κ1) is 29.7. The van der Waals surface area contributed by atoms with Gasteiger partial charge >= 0.3 is 15.5 Å². The first-order valence-electron chi connectivity index (χ1n) is 10.5. The molecule has 0 radical (unpaired) electrons. The predicted molar refractivity (Wildman–Crippen MR) is 126 cm³/mol. The molecule has 0 bridgehead atoms. The Labute approximate surface area is 196 Å². The largest absolute Gasteiger partial charge is 0.511 e. The van der Waals surface area contributed by atoms with Gasteiger partial charge in [0, 0.05) is 32.7 Å². The average Bonchev–Trinajstić information content (AvgIpc) is 2.68. The number of nitrogens with one attached hydrogen (secondary N) is 2. The van der Waals surface area contributed by atoms with Crippen LogP contribution in [0.5, 0.6) is 0 Å². The molecule has 180 valence electrons. The molecule has 0 aromatic carbocycles. The fraction of sp³-hybridized carbons (Fsp3) is 0.944. The van der Waals surface area contributed by atoms with Crippen LogP contribution in [0, 0.1) is 5.92 Å². The summed E-state index contributed by atoms with van der Waals surface area (Å²) >= 11 is 0. The summed E-state index contributed by atoms with van der Waals surface area (Å²) in [5, 5.41) is 6.46. The molecule has 2 N–H and O–H groups in total. The van der Waals surface area contributed by atoms with Crippen LogP contribution in [0.2, 0.25) is 0 Å². The van der Waals surface area contributed by atoms with Crippen molar-refractivity contribution in [2.24, 2.45) is 10.9 Å². The highest BCUT2D eigenvalue weighted by Gasteiger charge is 2.50. The minimum Gasteiger partial charge on any atom is -0.357 e. The van der Waals surface area contributed by atoms with Gasteiger partial charge in [-0.2, -0.15) is 17.5 Å². The van der Waals surface area contributed by atoms with E-state index >= 15 is 0 Å². The lowest BCUT2D eigenvalue weighted by molar-refractivity contribution is -0.0496. The van der Waals surface area contributed by atoms with Gasteiger partial charge in [0.1, 0.15) is 0 Å². The SMILES string of the molecule is CCNC(=NCC1CCN(S(=O)(=O)C(F)(F)F)CC1)NCCCCN(CC)CC.I. The third-order valence-electron chi connectivity index (χ3n) is 5.15. The van der Waals surface area contributed by atoms with Crippen molar-refractivity contribution in [3.05, 3.63) is 0 Å². The number of halogens is 4. The number of guanidine groups is 1. The summed E-state index contributed by atoms with van der Waals surface area (Å²) in [7, 11) is -5.22. The zero-order valence-electron chi connectivity index (χ0n) is 18.2. The molecule has 0 saturated carbocycles. The molecular weight excluding hydrogens is 534 g/mol. The lowest BCUT2D eigenvalue weighted by atomic mass is 9.98. The van der Waals surface area contributed by atoms with Gasteiger partial charge in [-0.15, -0.1) is 24.0 Å². The smallest absolute Gasteiger partial charge is 0.357 e. The zero-order chi connectivity index (χ0) is 21.9. The average molecular weight is 571 g/mol. The molecule has 1 saturated heterocycles. The molecule has 30 heavy (non-hydrogen) atoms. The van der Waals surface area contributed by atoms with Gasteiger partial charge in [-0.25, -0.2) is 8.42 Å². The van der Waals surface area contributed by atoms with Crippen molar-refractivity contribution < 1.29 is 21.6 Å². The quantitative estimate of drug-likeness (QED) is 0.173. The highest BCUT2D eigenvalue weighted by Crippen LogP contribution is 2.30. The standard InChI is InChI=1S/C18H36F3N5O2S.HI/c1-4-22-17(23-11-7-8-12-25(5-2)6-3)24-15-16-9-13-26(14-10-16)29(27,28)18(19,20)21;/h16H,4-15H2,1-3H3,(H2,22,23,24);1H. The first-order valence-corrected chi connectivity index (χ1v) is 11.9. The lowest BCUT2D eigenvalue weighted by Gasteiger charge is -2.30. The Morgan fingerprint density at radius 2 is 1.70 bits per heavy atom. The van der Waals surface area contributed by atoms with E-state index in [0.717, 1.165) is 39.0 Å². The number of piperidine rings is 1. The van der Waals surface area contributed by atoms with E-state index in [-0.39, 0.29) is 43.0 Å². The summed E-state index contributed by atoms with van der Waals surface area (Å²) < 4.78 is 61.4. The summed E-state index contributed by atoms with van der Waals surface area (Å²) in [6.45, 7) is 11.2. The molecule has 1 rings (SSSR count). The zero-order valence-corrected chi connectivity index (χ0v) is 21.3. The maximum Gasteiger partial charge on any atom is 0.511 e. The van der Waals surface area contributed by atoms with E-state index in [9.17, 15) is 21.6 Å². The Morgan fingerprint density at radius 1 is 1.10 bits per heavy atom. The monoisotopic (exact) mass is 571 g/mol. The van der Waals surface area contributed by atoms with Gasteiger partial charge in [-0.05, 0) is 58.2 Å². The van der Waals surface area contributed by atoms with Crippen molar-refractivity contribution in [3.63, 3.8) is 0 Å². The molecule has 0 atom stereocenters. The van der Waals surface area contributed by atoms with E-state index in [2.05, 4.69) is 34.4 Å². The second-order valence-corrected chi connectivity index (χ2v) is 9.10. The van der Waals surface area contributed by atoms with Crippen molar-refractivity contribution in [2.75, 3.05) is 52.4 Å². The Kier molecular flexibility index (Phi) is 14.5. The van der Waals surface area contributed by atoms with Gasteiger partial charge in [0.15, 0.2) is 5.96 Å². The second kappa shape index (κ2) is 14.7. The first-order chi connectivity index (χ1) is 13.7. The Balaban J connectivity index is 0.00000841. The molecule has 12 heteroatoms. The molecule has 0 spiro atoms. The predicted octanol–water partition coefficient (Wildman–Crippen LogP) is 2.84. The van der Waals surface area contributed by atoms with E-state index in [0.29, 0.717) is 36.2 Å². The fourth-order valence-corrected chi connectivity index (χ4v) is 4.23. The van der Waals surface area contributed by atoms with Crippen LogP contribution in [-0.4, -0.2) is 81.4 Å². The molecule has 0 aromatic heterocycles. The summed E-state index contributed by atoms with van der Waals surface area (Å²) in [6.07, 6.45) is 2.87. The van der Waals surface area contributed by atoms with Crippen LogP contribution < -0.4 is 10.6 Å². The number of aliphatic imine (C=N–C) groups is 1. The fourth-order valence-electron chi connectivity index (χ4n) is 3.25. The third-order valence-corrected chi connectivity index (χ3v) is 6.78. The Hall–Kier alpha value is -0.340. The topological polar surface area (TPSA) is 77.0 Å². The molecule has 7 nitrogen and oxygen atoms in total. The number of hydrogen-bond acceptors (Lipinski definition) is 4. The number of hydrogen-bond donors (Lipinski definition) is 2. The highest BCUT2D eigenvalue weighted by atomic mass is 127. The van der Waals surface area contributed by atoms with E-state index < -0.39 is 15.5 Å². The normalized spacial score (nSPS) is 17.1. The second-order valence-electron chi connectivity index (χ2n) is 7.17. The molecule has 1 fully saturated rings. The number of unbranched alkanes of at least 4 members (excludes halogenated alkanes) is 1. The number of rotatable bonds is 11. The minimum absolute atomic E-state index is 0. The minimum atomic E-state index is -5.23. The molecule has 0 aromatic rings. The summed E-state index contributed by atoms with van der Waals surface area (Å²) in [4.78, 5) is 6.91. The van der Waals surface area contributed by atoms with Crippen LogP contribution in [0.3, 0.4) is 0 Å². The van der Waals surface area contributed by atoms with Gasteiger partial charge < -0.3 is 15.5 Å². The third kappa shape index (κ3) is 9.86. The van der Waals surface area contributed by atoms with E-state index in [1.165, 1.54) is 0 Å². The van der Waals surface area contributed by atoms with Crippen LogP contribution >= 0.6 is 24.0 Å². The maximum absolute atomic E-state index is 12.6. The Bertz CT molecular complexity index is 593. The van der Waals surface area contributed by atoms with Crippen molar-refractivity contribution >= 4 is 40.0 Å². The van der Waals surface area contributed by atoms with Crippen molar-refractivity contribution in [3.8, 4) is 0 Å². The molecular formula is C18H37F3IN5O2S. The van der Waals surface area contributed by atoms with Crippen molar-refractivity contribution in [1.82, 2.24) is 19.8 Å². The van der Waals surface area contributed by atoms with E-state index in [4.69, 9.17) is 0 Å².